The normalized spacial score (nSPS) is 7.83. The molecule has 0 amide bonds. The number of hydrogen-bond acceptors (Lipinski definition) is 0. The van der Waals surface area contributed by atoms with Crippen LogP contribution in [0.4, 0.5) is 0 Å². The fourth-order valence-electron chi connectivity index (χ4n) is 0.684. The van der Waals surface area contributed by atoms with E-state index in [1.807, 2.05) is 61.2 Å². The first-order valence-electron chi connectivity index (χ1n) is 4.22. The number of H-pyrrole nitrogens is 2. The molecule has 2 nitrogen and oxygen atoms in total. The van der Waals surface area contributed by atoms with Crippen molar-refractivity contribution in [1.29, 1.82) is 0 Å². The molecule has 2 heterocycles. The molecule has 0 spiro atoms. The Labute approximate surface area is 136 Å². The number of pyridine rings is 2. The number of aromatic nitrogens is 2. The van der Waals surface area contributed by atoms with Crippen LogP contribution in [0.3, 0.4) is 0 Å². The summed E-state index contributed by atoms with van der Waals surface area (Å²) in [6, 6.07) is 11.7. The molecule has 18 heavy (non-hydrogen) atoms. The van der Waals surface area contributed by atoms with Crippen molar-refractivity contribution < 1.29 is 45.9 Å². The van der Waals surface area contributed by atoms with Gasteiger partial charge in [0.25, 0.3) is 0 Å². The van der Waals surface area contributed by atoms with E-state index in [0.717, 1.165) is 0 Å². The van der Waals surface area contributed by atoms with Crippen molar-refractivity contribution in [2.75, 3.05) is 0 Å². The summed E-state index contributed by atoms with van der Waals surface area (Å²) in [4.78, 5) is 5.78. The minimum atomic E-state index is -1.33. The van der Waals surface area contributed by atoms with E-state index in [0.29, 0.717) is 0 Å². The van der Waals surface area contributed by atoms with Gasteiger partial charge in [-0.2, -0.15) is 0 Å². The molecule has 0 radical (unpaired) electrons. The van der Waals surface area contributed by atoms with Crippen LogP contribution >= 0.6 is 30.3 Å². The van der Waals surface area contributed by atoms with Gasteiger partial charge in [-0.05, 0) is 0 Å². The molecule has 2 aromatic heterocycles. The minimum Gasteiger partial charge on any atom is -0.218 e. The predicted octanol–water partition coefficient (Wildman–Crippen LogP) is -2.92. The zero-order valence-corrected chi connectivity index (χ0v) is 13.9. The molecule has 0 bridgehead atoms. The van der Waals surface area contributed by atoms with Gasteiger partial charge in [0.2, 0.25) is 0 Å². The number of rotatable bonds is 0. The molecule has 0 aliphatic rings. The summed E-state index contributed by atoms with van der Waals surface area (Å²) < 4.78 is 0. The van der Waals surface area contributed by atoms with Gasteiger partial charge >= 0.3 is 41.5 Å². The summed E-state index contributed by atoms with van der Waals surface area (Å²) in [5.74, 6) is 0. The first kappa shape index (κ1) is 23.4. The molecule has 0 saturated heterocycles. The molecule has 0 aliphatic carbocycles. The molecule has 8 heteroatoms. The van der Waals surface area contributed by atoms with E-state index in [-0.39, 0.29) is 24.8 Å². The van der Waals surface area contributed by atoms with Crippen molar-refractivity contribution >= 4 is 30.3 Å². The van der Waals surface area contributed by atoms with E-state index in [4.69, 9.17) is 30.3 Å². The monoisotopic (exact) mass is 391 g/mol. The first-order valence-corrected chi connectivity index (χ1v) is 8.78. The Balaban J connectivity index is -0.000000182. The van der Waals surface area contributed by atoms with Crippen molar-refractivity contribution in [3.63, 3.8) is 0 Å². The SMILES string of the molecule is [Cl-].[Cl-].[Cl][Fe]([Cl])[Cl].c1cc[nH+]cc1.c1cc[nH+]cc1. The van der Waals surface area contributed by atoms with Crippen molar-refractivity contribution in [3.05, 3.63) is 61.2 Å². The molecule has 2 rings (SSSR count). The van der Waals surface area contributed by atoms with Gasteiger partial charge in [0, 0.05) is 24.3 Å². The first-order chi connectivity index (χ1) is 7.73. The van der Waals surface area contributed by atoms with Gasteiger partial charge in [0.15, 0.2) is 24.8 Å². The molecule has 0 aromatic carbocycles. The topological polar surface area (TPSA) is 28.3 Å². The Morgan fingerprint density at radius 3 is 0.833 bits per heavy atom. The van der Waals surface area contributed by atoms with E-state index in [2.05, 4.69) is 9.97 Å². The van der Waals surface area contributed by atoms with Gasteiger partial charge < -0.3 is 24.8 Å². The molecular weight excluding hydrogens is 381 g/mol. The van der Waals surface area contributed by atoms with E-state index >= 15 is 0 Å². The van der Waals surface area contributed by atoms with Gasteiger partial charge in [-0.25, -0.2) is 9.97 Å². The third-order valence-electron chi connectivity index (χ3n) is 1.21. The van der Waals surface area contributed by atoms with Crippen molar-refractivity contribution in [2.24, 2.45) is 0 Å². The third-order valence-corrected chi connectivity index (χ3v) is 1.21. The Kier molecular flexibility index (Phi) is 25.5. The van der Waals surface area contributed by atoms with Crippen LogP contribution in [-0.2, 0) is 11.2 Å². The van der Waals surface area contributed by atoms with Crippen LogP contribution in [-0.4, -0.2) is 0 Å². The molecule has 0 fully saturated rings. The van der Waals surface area contributed by atoms with Crippen LogP contribution in [0.2, 0.25) is 0 Å². The molecular formula is C10H12Cl5FeN2. The van der Waals surface area contributed by atoms with Gasteiger partial charge in [0.1, 0.15) is 0 Å². The number of aromatic amines is 2. The molecule has 2 N–H and O–H groups in total. The maximum atomic E-state index is 4.89. The zero-order chi connectivity index (χ0) is 12.1. The maximum absolute atomic E-state index is 4.89. The van der Waals surface area contributed by atoms with E-state index < -0.39 is 11.2 Å². The quantitative estimate of drug-likeness (QED) is 0.429. The van der Waals surface area contributed by atoms with E-state index in [1.165, 1.54) is 0 Å². The molecule has 2 aromatic rings. The van der Waals surface area contributed by atoms with Gasteiger partial charge in [-0.3, -0.25) is 0 Å². The number of hydrogen-bond donors (Lipinski definition) is 0. The average molecular weight is 393 g/mol. The molecule has 0 atom stereocenters. The molecule has 105 valence electrons. The van der Waals surface area contributed by atoms with Crippen molar-refractivity contribution in [1.82, 2.24) is 0 Å². The molecule has 0 aliphatic heterocycles. The zero-order valence-electron chi connectivity index (χ0n) is 9.02. The van der Waals surface area contributed by atoms with Crippen molar-refractivity contribution in [2.45, 2.75) is 0 Å². The average Bonchev–Trinajstić information content (AvgIpc) is 2.34. The molecule has 0 saturated carbocycles. The molecule has 0 unspecified atom stereocenters. The summed E-state index contributed by atoms with van der Waals surface area (Å²) in [6.07, 6.45) is 7.50. The summed E-state index contributed by atoms with van der Waals surface area (Å²) in [5.41, 5.74) is 0. The van der Waals surface area contributed by atoms with Gasteiger partial charge in [0.05, 0.1) is 0 Å². The summed E-state index contributed by atoms with van der Waals surface area (Å²) >= 11 is -1.33. The summed E-state index contributed by atoms with van der Waals surface area (Å²) in [6.45, 7) is 0. The van der Waals surface area contributed by atoms with E-state index in [9.17, 15) is 0 Å². The fraction of sp³-hybridized carbons (Fsp3) is 0. The Morgan fingerprint density at radius 2 is 0.778 bits per heavy atom. The smallest absolute Gasteiger partial charge is 0.166 e. The Hall–Kier alpha value is 0.269. The van der Waals surface area contributed by atoms with Crippen LogP contribution in [0.1, 0.15) is 0 Å². The van der Waals surface area contributed by atoms with Crippen LogP contribution in [0.5, 0.6) is 0 Å². The van der Waals surface area contributed by atoms with Crippen LogP contribution in [0.25, 0.3) is 0 Å². The van der Waals surface area contributed by atoms with Crippen LogP contribution in [0.15, 0.2) is 61.2 Å². The second-order valence-electron chi connectivity index (χ2n) is 2.31. The van der Waals surface area contributed by atoms with Gasteiger partial charge in [-0.15, -0.1) is 0 Å². The summed E-state index contributed by atoms with van der Waals surface area (Å²) in [5, 5.41) is 0. The second kappa shape index (κ2) is 19.6. The summed E-state index contributed by atoms with van der Waals surface area (Å²) in [7, 11) is 14.7. The van der Waals surface area contributed by atoms with E-state index in [1.54, 1.807) is 0 Å². The minimum absolute atomic E-state index is 0. The standard InChI is InChI=1S/2C5H5N.5ClH.Fe/c2*1-2-4-6-5-3-1;;;;;;/h2*1-5H;5*1H;/q;;;;;;;+3/p-3. The van der Waals surface area contributed by atoms with Crippen LogP contribution in [0, 0.1) is 0 Å². The number of halogens is 5. The van der Waals surface area contributed by atoms with Crippen molar-refractivity contribution in [3.8, 4) is 0 Å². The van der Waals surface area contributed by atoms with Crippen LogP contribution < -0.4 is 34.8 Å². The number of nitrogens with one attached hydrogen (secondary N) is 2. The second-order valence-corrected chi connectivity index (χ2v) is 7.78. The Bertz CT molecular complexity index is 238. The predicted molar refractivity (Wildman–Crippen MR) is 63.6 cm³/mol. The van der Waals surface area contributed by atoms with Gasteiger partial charge in [-0.1, -0.05) is 12.1 Å². The third kappa shape index (κ3) is 25.2. The fourth-order valence-corrected chi connectivity index (χ4v) is 0.684. The largest absolute Gasteiger partial charge is 0.218 e. The Morgan fingerprint density at radius 1 is 0.556 bits per heavy atom. The maximum Gasteiger partial charge on any atom is 0.166 e.